The molecule has 0 bridgehead atoms. The lowest BCUT2D eigenvalue weighted by Gasteiger charge is -2.12. The number of hydrogen-bond donors (Lipinski definition) is 1. The number of nitrogens with one attached hydrogen (secondary N) is 1. The summed E-state index contributed by atoms with van der Waals surface area (Å²) in [6.45, 7) is 2.29. The maximum atomic E-state index is 11.5. The van der Waals surface area contributed by atoms with Crippen molar-refractivity contribution in [2.24, 2.45) is 5.92 Å². The Labute approximate surface area is 105 Å². The molecular weight excluding hydrogens is 294 g/mol. The second-order valence-corrected chi connectivity index (χ2v) is 4.26. The van der Waals surface area contributed by atoms with Crippen molar-refractivity contribution in [3.8, 4) is 0 Å². The molecule has 8 heteroatoms. The Morgan fingerprint density at radius 3 is 2.71 bits per heavy atom. The Bertz CT molecular complexity index is 518. The minimum absolute atomic E-state index is 0.179. The predicted molar refractivity (Wildman–Crippen MR) is 65.6 cm³/mol. The molecule has 0 aliphatic heterocycles. The highest BCUT2D eigenvalue weighted by molar-refractivity contribution is 9.09. The molecule has 0 radical (unpaired) electrons. The molecule has 1 N–H and O–H groups in total. The minimum atomic E-state index is -0.969. The number of rotatable bonds is 5. The number of aromatic nitrogens is 2. The summed E-state index contributed by atoms with van der Waals surface area (Å²) in [5, 5.41) is 11.3. The summed E-state index contributed by atoms with van der Waals surface area (Å²) in [6, 6.07) is 0. The van der Waals surface area contributed by atoms with Gasteiger partial charge in [-0.1, -0.05) is 29.3 Å². The lowest BCUT2D eigenvalue weighted by Crippen LogP contribution is -2.32. The largest absolute Gasteiger partial charge is 0.350 e. The van der Waals surface area contributed by atoms with Crippen LogP contribution in [0, 0.1) is 16.0 Å². The van der Waals surface area contributed by atoms with Crippen LogP contribution in [0.2, 0.25) is 0 Å². The topological polar surface area (TPSA) is 98.0 Å². The van der Waals surface area contributed by atoms with E-state index in [1.165, 1.54) is 0 Å². The van der Waals surface area contributed by atoms with E-state index in [-0.39, 0.29) is 5.92 Å². The zero-order chi connectivity index (χ0) is 13.0. The zero-order valence-corrected chi connectivity index (χ0v) is 10.8. The van der Waals surface area contributed by atoms with E-state index in [0.29, 0.717) is 11.9 Å². The van der Waals surface area contributed by atoms with E-state index in [2.05, 4.69) is 15.9 Å². The number of nitrogens with zero attached hydrogens (tertiary/aromatic N) is 2. The quantitative estimate of drug-likeness (QED) is 0.495. The van der Waals surface area contributed by atoms with Crippen molar-refractivity contribution >= 4 is 21.6 Å². The van der Waals surface area contributed by atoms with Crippen molar-refractivity contribution in [3.05, 3.63) is 37.1 Å². The van der Waals surface area contributed by atoms with Gasteiger partial charge >= 0.3 is 16.9 Å². The first-order valence-corrected chi connectivity index (χ1v) is 6.15. The van der Waals surface area contributed by atoms with Gasteiger partial charge in [-0.05, 0) is 5.92 Å². The van der Waals surface area contributed by atoms with Gasteiger partial charge in [-0.3, -0.25) is 24.5 Å². The van der Waals surface area contributed by atoms with Gasteiger partial charge in [0.15, 0.2) is 0 Å². The van der Waals surface area contributed by atoms with E-state index in [9.17, 15) is 19.7 Å². The third-order valence-corrected chi connectivity index (χ3v) is 3.35. The van der Waals surface area contributed by atoms with Gasteiger partial charge in [0.2, 0.25) is 0 Å². The third kappa shape index (κ3) is 3.26. The van der Waals surface area contributed by atoms with Crippen LogP contribution in [0.25, 0.3) is 0 Å². The Morgan fingerprint density at radius 1 is 1.59 bits per heavy atom. The van der Waals surface area contributed by atoms with Gasteiger partial charge in [0.1, 0.15) is 0 Å². The van der Waals surface area contributed by atoms with Crippen LogP contribution in [0.3, 0.4) is 0 Å². The molecule has 94 valence electrons. The molecule has 0 fully saturated rings. The zero-order valence-electron chi connectivity index (χ0n) is 9.18. The number of H-pyrrole nitrogens is 1. The van der Waals surface area contributed by atoms with Crippen LogP contribution in [-0.2, 0) is 6.54 Å². The average Bonchev–Trinajstić information content (AvgIpc) is 2.27. The van der Waals surface area contributed by atoms with Crippen LogP contribution in [-0.4, -0.2) is 19.8 Å². The number of hydrogen-bond acceptors (Lipinski definition) is 4. The molecule has 0 amide bonds. The molecular formula is C9H12BrN3O4. The number of aromatic amines is 1. The van der Waals surface area contributed by atoms with Crippen LogP contribution >= 0.6 is 15.9 Å². The van der Waals surface area contributed by atoms with Crippen LogP contribution < -0.4 is 11.2 Å². The van der Waals surface area contributed by atoms with Crippen molar-refractivity contribution in [2.45, 2.75) is 19.9 Å². The van der Waals surface area contributed by atoms with Gasteiger partial charge in [0.25, 0.3) is 0 Å². The average molecular weight is 306 g/mol. The fourth-order valence-corrected chi connectivity index (χ4v) is 1.99. The lowest BCUT2D eigenvalue weighted by atomic mass is 10.1. The molecule has 1 rings (SSSR count). The first-order chi connectivity index (χ1) is 7.99. The maximum absolute atomic E-state index is 11.5. The molecule has 0 aliphatic carbocycles. The Morgan fingerprint density at radius 2 is 2.24 bits per heavy atom. The molecule has 0 aromatic carbocycles. The van der Waals surface area contributed by atoms with E-state index in [1.54, 1.807) is 0 Å². The van der Waals surface area contributed by atoms with E-state index >= 15 is 0 Å². The van der Waals surface area contributed by atoms with E-state index in [1.807, 2.05) is 11.9 Å². The van der Waals surface area contributed by atoms with Gasteiger partial charge < -0.3 is 0 Å². The summed E-state index contributed by atoms with van der Waals surface area (Å²) in [6.07, 6.45) is 1.82. The van der Waals surface area contributed by atoms with Gasteiger partial charge in [-0.15, -0.1) is 0 Å². The third-order valence-electron chi connectivity index (χ3n) is 2.44. The number of alkyl halides is 1. The Balaban J connectivity index is 3.16. The summed E-state index contributed by atoms with van der Waals surface area (Å²) in [5.74, 6) is 0.179. The van der Waals surface area contributed by atoms with Gasteiger partial charge in [-0.25, -0.2) is 4.79 Å². The fraction of sp³-hybridized carbons (Fsp3) is 0.556. The summed E-state index contributed by atoms with van der Waals surface area (Å²) in [5.41, 5.74) is -2.21. The number of halogens is 1. The molecule has 1 unspecified atom stereocenters. The van der Waals surface area contributed by atoms with Crippen LogP contribution in [0.5, 0.6) is 0 Å². The molecule has 0 aliphatic rings. The predicted octanol–water partition coefficient (Wildman–Crippen LogP) is 0.866. The highest BCUT2D eigenvalue weighted by atomic mass is 79.9. The van der Waals surface area contributed by atoms with Gasteiger partial charge in [0.05, 0.1) is 11.1 Å². The molecule has 0 saturated carbocycles. The second-order valence-electron chi connectivity index (χ2n) is 3.61. The van der Waals surface area contributed by atoms with E-state index in [0.717, 1.165) is 17.2 Å². The summed E-state index contributed by atoms with van der Waals surface area (Å²) in [7, 11) is 0. The van der Waals surface area contributed by atoms with Crippen molar-refractivity contribution in [1.82, 2.24) is 9.55 Å². The van der Waals surface area contributed by atoms with Crippen molar-refractivity contribution < 1.29 is 4.92 Å². The minimum Gasteiger partial charge on any atom is -0.293 e. The van der Waals surface area contributed by atoms with Crippen LogP contribution in [0.1, 0.15) is 13.3 Å². The molecule has 1 aromatic heterocycles. The van der Waals surface area contributed by atoms with Crippen LogP contribution in [0.4, 0.5) is 5.69 Å². The molecule has 1 heterocycles. The maximum Gasteiger partial charge on any atom is 0.350 e. The standard InChI is InChI=1S/C9H12BrN3O4/c1-2-6(3-10)4-12-5-7(13(16)17)8(14)11-9(12)15/h5-6H,2-4H2,1H3,(H,11,14,15). The molecule has 7 nitrogen and oxygen atoms in total. The van der Waals surface area contributed by atoms with E-state index < -0.39 is 21.9 Å². The SMILES string of the molecule is CCC(CBr)Cn1cc([N+](=O)[O-])c(=O)[nH]c1=O. The highest BCUT2D eigenvalue weighted by Crippen LogP contribution is 2.09. The Hall–Kier alpha value is -1.44. The first kappa shape index (κ1) is 13.6. The molecule has 1 atom stereocenters. The second kappa shape index (κ2) is 5.76. The molecule has 0 spiro atoms. The van der Waals surface area contributed by atoms with Crippen molar-refractivity contribution in [2.75, 3.05) is 5.33 Å². The summed E-state index contributed by atoms with van der Waals surface area (Å²) in [4.78, 5) is 34.3. The van der Waals surface area contributed by atoms with Crippen molar-refractivity contribution in [1.29, 1.82) is 0 Å². The summed E-state index contributed by atoms with van der Waals surface area (Å²) < 4.78 is 1.16. The van der Waals surface area contributed by atoms with E-state index in [4.69, 9.17) is 0 Å². The van der Waals surface area contributed by atoms with Gasteiger partial charge in [-0.2, -0.15) is 0 Å². The van der Waals surface area contributed by atoms with Crippen molar-refractivity contribution in [3.63, 3.8) is 0 Å². The van der Waals surface area contributed by atoms with Gasteiger partial charge in [0, 0.05) is 11.9 Å². The first-order valence-electron chi connectivity index (χ1n) is 5.03. The molecule has 0 saturated heterocycles. The normalized spacial score (nSPS) is 12.4. The molecule has 17 heavy (non-hydrogen) atoms. The lowest BCUT2D eigenvalue weighted by molar-refractivity contribution is -0.386. The monoisotopic (exact) mass is 305 g/mol. The smallest absolute Gasteiger partial charge is 0.293 e. The summed E-state index contributed by atoms with van der Waals surface area (Å²) >= 11 is 3.30. The number of nitro groups is 1. The Kier molecular flexibility index (Phi) is 4.62. The molecule has 1 aromatic rings. The fourth-order valence-electron chi connectivity index (χ4n) is 1.33. The highest BCUT2D eigenvalue weighted by Gasteiger charge is 2.16. The van der Waals surface area contributed by atoms with Crippen LogP contribution in [0.15, 0.2) is 15.8 Å².